The van der Waals surface area contributed by atoms with E-state index in [0.29, 0.717) is 21.2 Å². The maximum atomic E-state index is 12.1. The predicted molar refractivity (Wildman–Crippen MR) is 98.2 cm³/mol. The number of carbonyl (C=O) groups excluding carboxylic acids is 2. The molecule has 3 N–H and O–H groups in total. The minimum atomic E-state index is -0.625. The van der Waals surface area contributed by atoms with Gasteiger partial charge in [-0.25, -0.2) is 0 Å². The Hall–Kier alpha value is -2.15. The van der Waals surface area contributed by atoms with Crippen molar-refractivity contribution in [3.05, 3.63) is 20.1 Å². The van der Waals surface area contributed by atoms with Gasteiger partial charge in [0.2, 0.25) is 5.95 Å². The second-order valence-corrected chi connectivity index (χ2v) is 6.95. The lowest BCUT2D eigenvalue weighted by Crippen LogP contribution is -2.31. The predicted octanol–water partition coefficient (Wildman–Crippen LogP) is 0.694. The van der Waals surface area contributed by atoms with E-state index in [1.807, 2.05) is 0 Å². The summed E-state index contributed by atoms with van der Waals surface area (Å²) in [4.78, 5) is 41.2. The van der Waals surface area contributed by atoms with Crippen LogP contribution in [0.1, 0.15) is 26.5 Å². The lowest BCUT2D eigenvalue weighted by atomic mass is 10.2. The molecule has 0 amide bonds. The molecule has 3 rings (SSSR count). The van der Waals surface area contributed by atoms with Crippen molar-refractivity contribution in [2.75, 3.05) is 12.3 Å². The zero-order chi connectivity index (χ0) is 19.0. The molecule has 2 aromatic rings. The number of rotatable bonds is 4. The van der Waals surface area contributed by atoms with E-state index in [-0.39, 0.29) is 18.1 Å². The summed E-state index contributed by atoms with van der Waals surface area (Å²) in [5.41, 5.74) is 5.67. The van der Waals surface area contributed by atoms with Gasteiger partial charge in [0.05, 0.1) is 9.09 Å². The Kier molecular flexibility index (Phi) is 5.18. The summed E-state index contributed by atoms with van der Waals surface area (Å²) in [5, 5.41) is 0.375. The zero-order valence-electron chi connectivity index (χ0n) is 14.0. The summed E-state index contributed by atoms with van der Waals surface area (Å²) in [6.07, 6.45) is -1.46. The highest BCUT2D eigenvalue weighted by atomic mass is 127. The summed E-state index contributed by atoms with van der Waals surface area (Å²) in [5.74, 6) is -0.928. The van der Waals surface area contributed by atoms with Crippen LogP contribution >= 0.6 is 22.6 Å². The van der Waals surface area contributed by atoms with Crippen molar-refractivity contribution >= 4 is 51.5 Å². The Balaban J connectivity index is 1.95. The van der Waals surface area contributed by atoms with Gasteiger partial charge in [0.25, 0.3) is 5.56 Å². The number of hydrogen-bond acceptors (Lipinski definition) is 8. The molecule has 3 heterocycles. The van der Waals surface area contributed by atoms with Crippen molar-refractivity contribution in [2.24, 2.45) is 0 Å². The third-order valence-electron chi connectivity index (χ3n) is 3.91. The monoisotopic (exact) mass is 476 g/mol. The Labute approximate surface area is 161 Å². The Bertz CT molecular complexity index is 923. The second kappa shape index (κ2) is 7.23. The number of aromatic nitrogens is 3. The smallest absolute Gasteiger partial charge is 0.303 e. The molecule has 1 aliphatic rings. The standard InChI is InChI=1S/C15H17IN4O6/c1-6(21)24-5-10-9(25-7(2)22)4-12(26-10)20-11(16)3-8-13(20)18-15(17)19-14(8)23/h3,9-10,12H,4-5H2,1-2H3,(H3,17,18,19,23)/t9-,10+,12+/m0/s1. The molecule has 0 saturated carbocycles. The highest BCUT2D eigenvalue weighted by Crippen LogP contribution is 2.35. The first-order valence-corrected chi connectivity index (χ1v) is 8.86. The number of esters is 2. The fraction of sp³-hybridized carbons (Fsp3) is 0.467. The van der Waals surface area contributed by atoms with Crippen molar-refractivity contribution in [3.8, 4) is 0 Å². The van der Waals surface area contributed by atoms with Crippen molar-refractivity contribution in [3.63, 3.8) is 0 Å². The van der Waals surface area contributed by atoms with Crippen LogP contribution in [0.5, 0.6) is 0 Å². The van der Waals surface area contributed by atoms with Gasteiger partial charge in [0.15, 0.2) is 5.65 Å². The summed E-state index contributed by atoms with van der Waals surface area (Å²) in [6.45, 7) is 2.54. The molecule has 2 aromatic heterocycles. The van der Waals surface area contributed by atoms with Crippen molar-refractivity contribution in [2.45, 2.75) is 38.7 Å². The lowest BCUT2D eigenvalue weighted by Gasteiger charge is -2.18. The maximum absolute atomic E-state index is 12.1. The van der Waals surface area contributed by atoms with E-state index in [4.69, 9.17) is 19.9 Å². The number of carbonyl (C=O) groups is 2. The van der Waals surface area contributed by atoms with Crippen molar-refractivity contribution < 1.29 is 23.8 Å². The van der Waals surface area contributed by atoms with E-state index in [2.05, 4.69) is 32.6 Å². The second-order valence-electron chi connectivity index (χ2n) is 5.84. The molecule has 0 spiro atoms. The number of ether oxygens (including phenoxy) is 3. The van der Waals surface area contributed by atoms with Crippen LogP contribution in [0, 0.1) is 3.70 Å². The fourth-order valence-corrected chi connectivity index (χ4v) is 3.76. The molecule has 26 heavy (non-hydrogen) atoms. The highest BCUT2D eigenvalue weighted by Gasteiger charge is 2.40. The first-order valence-electron chi connectivity index (χ1n) is 7.78. The molecule has 1 aliphatic heterocycles. The van der Waals surface area contributed by atoms with E-state index in [1.54, 1.807) is 10.6 Å². The number of nitrogens with one attached hydrogen (secondary N) is 1. The van der Waals surface area contributed by atoms with Gasteiger partial charge in [-0.15, -0.1) is 0 Å². The number of fused-ring (bicyclic) bond motifs is 1. The van der Waals surface area contributed by atoms with E-state index in [0.717, 1.165) is 0 Å². The molecule has 3 atom stereocenters. The van der Waals surface area contributed by atoms with Crippen LogP contribution in [-0.4, -0.2) is 45.3 Å². The van der Waals surface area contributed by atoms with Crippen LogP contribution in [-0.2, 0) is 23.8 Å². The van der Waals surface area contributed by atoms with Gasteiger partial charge in [-0.2, -0.15) is 4.98 Å². The minimum Gasteiger partial charge on any atom is -0.463 e. The molecule has 0 radical (unpaired) electrons. The van der Waals surface area contributed by atoms with Gasteiger partial charge < -0.3 is 19.9 Å². The van der Waals surface area contributed by atoms with Crippen LogP contribution in [0.2, 0.25) is 0 Å². The van der Waals surface area contributed by atoms with Crippen LogP contribution in [0.25, 0.3) is 11.0 Å². The zero-order valence-corrected chi connectivity index (χ0v) is 16.2. The third kappa shape index (κ3) is 3.67. The maximum Gasteiger partial charge on any atom is 0.303 e. The average Bonchev–Trinajstić information content (AvgIpc) is 3.05. The van der Waals surface area contributed by atoms with Gasteiger partial charge in [-0.3, -0.25) is 23.9 Å². The van der Waals surface area contributed by atoms with Gasteiger partial charge in [0.1, 0.15) is 25.0 Å². The molecular formula is C15H17IN4O6. The van der Waals surface area contributed by atoms with E-state index in [1.165, 1.54) is 13.8 Å². The highest BCUT2D eigenvalue weighted by molar-refractivity contribution is 14.1. The molecule has 0 aromatic carbocycles. The van der Waals surface area contributed by atoms with Crippen molar-refractivity contribution in [1.29, 1.82) is 0 Å². The van der Waals surface area contributed by atoms with Crippen LogP contribution in [0.3, 0.4) is 0 Å². The molecular weight excluding hydrogens is 459 g/mol. The number of nitrogens with zero attached hydrogens (tertiary/aromatic N) is 2. The fourth-order valence-electron chi connectivity index (χ4n) is 2.91. The quantitative estimate of drug-likeness (QED) is 0.486. The summed E-state index contributed by atoms with van der Waals surface area (Å²) in [7, 11) is 0. The largest absolute Gasteiger partial charge is 0.463 e. The first kappa shape index (κ1) is 18.6. The normalized spacial score (nSPS) is 22.5. The minimum absolute atomic E-state index is 0.00996. The van der Waals surface area contributed by atoms with Crippen LogP contribution in [0.15, 0.2) is 10.9 Å². The van der Waals surface area contributed by atoms with E-state index in [9.17, 15) is 14.4 Å². The van der Waals surface area contributed by atoms with E-state index >= 15 is 0 Å². The number of nitrogen functional groups attached to an aromatic ring is 1. The van der Waals surface area contributed by atoms with Gasteiger partial charge in [-0.05, 0) is 28.7 Å². The van der Waals surface area contributed by atoms with Gasteiger partial charge >= 0.3 is 11.9 Å². The number of H-pyrrole nitrogens is 1. The number of halogens is 1. The van der Waals surface area contributed by atoms with E-state index < -0.39 is 30.4 Å². The molecule has 140 valence electrons. The Morgan fingerprint density at radius 2 is 2.19 bits per heavy atom. The number of aromatic amines is 1. The summed E-state index contributed by atoms with van der Waals surface area (Å²) >= 11 is 2.06. The number of hydrogen-bond donors (Lipinski definition) is 2. The molecule has 0 aliphatic carbocycles. The SMILES string of the molecule is CC(=O)OC[C@H]1O[C@@H](n2c(I)cc3c(=O)[nH]c(N)nc32)C[C@@H]1OC(C)=O. The lowest BCUT2D eigenvalue weighted by molar-refractivity contribution is -0.155. The molecule has 0 bridgehead atoms. The third-order valence-corrected chi connectivity index (χ3v) is 4.74. The van der Waals surface area contributed by atoms with Crippen LogP contribution in [0.4, 0.5) is 5.95 Å². The molecule has 1 fully saturated rings. The molecule has 0 unspecified atom stereocenters. The topological polar surface area (TPSA) is 139 Å². The summed E-state index contributed by atoms with van der Waals surface area (Å²) < 4.78 is 18.7. The summed E-state index contributed by atoms with van der Waals surface area (Å²) in [6, 6.07) is 1.67. The molecule has 10 nitrogen and oxygen atoms in total. The molecule has 1 saturated heterocycles. The van der Waals surface area contributed by atoms with Gasteiger partial charge in [0, 0.05) is 20.3 Å². The van der Waals surface area contributed by atoms with Gasteiger partial charge in [-0.1, -0.05) is 0 Å². The van der Waals surface area contributed by atoms with Crippen LogP contribution < -0.4 is 11.3 Å². The molecule has 11 heteroatoms. The first-order chi connectivity index (χ1) is 12.3. The van der Waals surface area contributed by atoms with Crippen molar-refractivity contribution in [1.82, 2.24) is 14.5 Å². The number of nitrogens with two attached hydrogens (primary N) is 1. The number of anilines is 1. The Morgan fingerprint density at radius 3 is 2.85 bits per heavy atom. The average molecular weight is 476 g/mol. The Morgan fingerprint density at radius 1 is 1.46 bits per heavy atom.